The van der Waals surface area contributed by atoms with E-state index in [1.165, 1.54) is 14.0 Å². The average molecular weight is 316 g/mol. The van der Waals surface area contributed by atoms with Gasteiger partial charge < -0.3 is 14.6 Å². The number of ether oxygens (including phenoxy) is 2. The van der Waals surface area contributed by atoms with Crippen molar-refractivity contribution in [3.63, 3.8) is 0 Å². The number of ketones is 1. The number of aliphatic hydroxyl groups is 1. The number of alkyl halides is 3. The zero-order valence-corrected chi connectivity index (χ0v) is 12.0. The third-order valence-electron chi connectivity index (χ3n) is 2.74. The van der Waals surface area contributed by atoms with Gasteiger partial charge in [0, 0.05) is 7.11 Å². The molecule has 0 saturated carbocycles. The van der Waals surface area contributed by atoms with Crippen molar-refractivity contribution in [2.45, 2.75) is 25.3 Å². The normalized spacial score (nSPS) is 13.9. The van der Waals surface area contributed by atoms with Crippen LogP contribution in [-0.4, -0.2) is 30.9 Å². The smallest absolute Gasteiger partial charge is 0.385 e. The lowest BCUT2D eigenvalue weighted by Crippen LogP contribution is -2.31. The highest BCUT2D eigenvalue weighted by Crippen LogP contribution is 2.30. The van der Waals surface area contributed by atoms with E-state index in [0.29, 0.717) is 0 Å². The van der Waals surface area contributed by atoms with Gasteiger partial charge in [0.2, 0.25) is 5.78 Å². The summed E-state index contributed by atoms with van der Waals surface area (Å²) in [5.41, 5.74) is -0.738. The van der Waals surface area contributed by atoms with E-state index in [4.69, 9.17) is 4.74 Å². The number of methoxy groups -OCH3 is 1. The van der Waals surface area contributed by atoms with Crippen molar-refractivity contribution < 1.29 is 32.5 Å². The lowest BCUT2D eigenvalue weighted by molar-refractivity contribution is -0.147. The van der Waals surface area contributed by atoms with E-state index in [1.54, 1.807) is 0 Å². The van der Waals surface area contributed by atoms with Gasteiger partial charge in [-0.3, -0.25) is 4.79 Å². The monoisotopic (exact) mass is 316 g/mol. The van der Waals surface area contributed by atoms with Gasteiger partial charge in [0.1, 0.15) is 12.9 Å². The lowest BCUT2D eigenvalue weighted by atomic mass is 10.00. The van der Waals surface area contributed by atoms with Gasteiger partial charge in [-0.25, -0.2) is 0 Å². The molecule has 120 valence electrons. The summed E-state index contributed by atoms with van der Waals surface area (Å²) in [6.07, 6.45) is -7.27. The van der Waals surface area contributed by atoms with Crippen LogP contribution in [0.5, 0.6) is 0 Å². The van der Waals surface area contributed by atoms with Crippen molar-refractivity contribution in [2.75, 3.05) is 13.9 Å². The maximum absolute atomic E-state index is 12.5. The minimum absolute atomic E-state index is 0.111. The van der Waals surface area contributed by atoms with Crippen LogP contribution in [-0.2, 0) is 20.4 Å². The topological polar surface area (TPSA) is 55.8 Å². The van der Waals surface area contributed by atoms with Gasteiger partial charge in [-0.2, -0.15) is 13.2 Å². The summed E-state index contributed by atoms with van der Waals surface area (Å²) in [4.78, 5) is 11.8. The Bertz CT molecular complexity index is 555. The number of hydrogen-bond acceptors (Lipinski definition) is 4. The highest BCUT2D eigenvalue weighted by Gasteiger charge is 2.32. The van der Waals surface area contributed by atoms with Crippen molar-refractivity contribution >= 4 is 5.78 Å². The molecule has 0 heterocycles. The van der Waals surface area contributed by atoms with Gasteiger partial charge in [-0.1, -0.05) is 18.1 Å². The Balaban J connectivity index is 2.99. The first-order chi connectivity index (χ1) is 10.3. The Hall–Kier alpha value is -1.88. The average Bonchev–Trinajstić information content (AvgIpc) is 2.47. The summed E-state index contributed by atoms with van der Waals surface area (Å²) in [5.74, 6) is 3.92. The Morgan fingerprint density at radius 2 is 1.91 bits per heavy atom. The molecule has 1 rings (SSSR count). The second-order valence-electron chi connectivity index (χ2n) is 4.30. The van der Waals surface area contributed by atoms with Crippen LogP contribution in [0.15, 0.2) is 24.3 Å². The molecule has 0 amide bonds. The standard InChI is InChI=1S/C15H15F3O4/c1-3-4-12(19)14(22-9-21-2)13(20)10-5-7-11(8-6-10)15(16,17)18/h5-8,13-14,20H,9H2,1-2H3/t13-,14+/m0/s1. The van der Waals surface area contributed by atoms with Gasteiger partial charge in [-0.05, 0) is 30.5 Å². The number of halogens is 3. The molecular formula is C15H15F3O4. The molecule has 0 aromatic heterocycles. The van der Waals surface area contributed by atoms with Gasteiger partial charge in [-0.15, -0.1) is 0 Å². The van der Waals surface area contributed by atoms with Gasteiger partial charge >= 0.3 is 6.18 Å². The molecule has 4 nitrogen and oxygen atoms in total. The fraction of sp³-hybridized carbons (Fsp3) is 0.400. The highest BCUT2D eigenvalue weighted by atomic mass is 19.4. The Morgan fingerprint density at radius 3 is 2.36 bits per heavy atom. The highest BCUT2D eigenvalue weighted by molar-refractivity contribution is 5.99. The van der Waals surface area contributed by atoms with Crippen LogP contribution in [0.25, 0.3) is 0 Å². The van der Waals surface area contributed by atoms with E-state index in [-0.39, 0.29) is 12.4 Å². The van der Waals surface area contributed by atoms with Crippen LogP contribution < -0.4 is 0 Å². The molecule has 0 fully saturated rings. The van der Waals surface area contributed by atoms with Crippen LogP contribution in [0, 0.1) is 11.8 Å². The van der Waals surface area contributed by atoms with Gasteiger partial charge in [0.05, 0.1) is 5.56 Å². The van der Waals surface area contributed by atoms with Crippen LogP contribution in [0.2, 0.25) is 0 Å². The summed E-state index contributed by atoms with van der Waals surface area (Å²) in [7, 11) is 1.33. The van der Waals surface area contributed by atoms with Crippen molar-refractivity contribution in [1.29, 1.82) is 0 Å². The van der Waals surface area contributed by atoms with Crippen LogP contribution >= 0.6 is 0 Å². The molecule has 7 heteroatoms. The number of carbonyl (C=O) groups excluding carboxylic acids is 1. The predicted molar refractivity (Wildman–Crippen MR) is 71.6 cm³/mol. The largest absolute Gasteiger partial charge is 0.416 e. The van der Waals surface area contributed by atoms with E-state index in [9.17, 15) is 23.1 Å². The molecule has 22 heavy (non-hydrogen) atoms. The van der Waals surface area contributed by atoms with E-state index < -0.39 is 29.7 Å². The third kappa shape index (κ3) is 4.84. The fourth-order valence-corrected chi connectivity index (χ4v) is 1.69. The first kappa shape index (κ1) is 18.2. The minimum Gasteiger partial charge on any atom is -0.385 e. The summed E-state index contributed by atoms with van der Waals surface area (Å²) in [6, 6.07) is 3.82. The molecule has 0 saturated heterocycles. The first-order valence-corrected chi connectivity index (χ1v) is 6.23. The molecule has 2 atom stereocenters. The Kier molecular flexibility index (Phi) is 6.56. The second kappa shape index (κ2) is 7.94. The minimum atomic E-state index is -4.47. The van der Waals surface area contributed by atoms with Crippen molar-refractivity contribution in [3.05, 3.63) is 35.4 Å². The molecule has 1 aromatic rings. The molecule has 0 aliphatic carbocycles. The summed E-state index contributed by atoms with van der Waals surface area (Å²) < 4.78 is 47.2. The van der Waals surface area contributed by atoms with E-state index in [2.05, 4.69) is 16.6 Å². The van der Waals surface area contributed by atoms with Crippen LogP contribution in [0.4, 0.5) is 13.2 Å². The number of hydrogen-bond donors (Lipinski definition) is 1. The molecule has 1 aromatic carbocycles. The molecule has 0 unspecified atom stereocenters. The molecule has 1 N–H and O–H groups in total. The zero-order chi connectivity index (χ0) is 16.8. The quantitative estimate of drug-likeness (QED) is 0.497. The lowest BCUT2D eigenvalue weighted by Gasteiger charge is -2.20. The maximum Gasteiger partial charge on any atom is 0.416 e. The summed E-state index contributed by atoms with van der Waals surface area (Å²) in [6.45, 7) is 1.18. The number of carbonyl (C=O) groups is 1. The summed E-state index contributed by atoms with van der Waals surface area (Å²) >= 11 is 0. The molecule has 0 spiro atoms. The van der Waals surface area contributed by atoms with Crippen molar-refractivity contribution in [2.24, 2.45) is 0 Å². The fourth-order valence-electron chi connectivity index (χ4n) is 1.69. The number of aliphatic hydroxyl groups excluding tert-OH is 1. The predicted octanol–water partition coefficient (Wildman–Crippen LogP) is 2.32. The van der Waals surface area contributed by atoms with E-state index in [1.807, 2.05) is 0 Å². The van der Waals surface area contributed by atoms with Crippen molar-refractivity contribution in [3.8, 4) is 11.8 Å². The van der Waals surface area contributed by atoms with Crippen LogP contribution in [0.3, 0.4) is 0 Å². The molecule has 0 bridgehead atoms. The van der Waals surface area contributed by atoms with Gasteiger partial charge in [0.25, 0.3) is 0 Å². The van der Waals surface area contributed by atoms with Gasteiger partial charge in [0.15, 0.2) is 6.10 Å². The molecule has 0 radical (unpaired) electrons. The third-order valence-corrected chi connectivity index (χ3v) is 2.74. The Morgan fingerprint density at radius 1 is 1.32 bits per heavy atom. The molecule has 0 aliphatic heterocycles. The first-order valence-electron chi connectivity index (χ1n) is 6.23. The van der Waals surface area contributed by atoms with Crippen LogP contribution in [0.1, 0.15) is 24.2 Å². The molecule has 0 aliphatic rings. The second-order valence-corrected chi connectivity index (χ2v) is 4.30. The zero-order valence-electron chi connectivity index (χ0n) is 12.0. The van der Waals surface area contributed by atoms with E-state index in [0.717, 1.165) is 24.3 Å². The maximum atomic E-state index is 12.5. The van der Waals surface area contributed by atoms with E-state index >= 15 is 0 Å². The molecular weight excluding hydrogens is 301 g/mol. The number of Topliss-reactive ketones (excluding diaryl/α,β-unsaturated/α-hetero) is 1. The SMILES string of the molecule is CC#CC(=O)[C@@H](OCOC)[C@@H](O)c1ccc(C(F)(F)F)cc1. The number of benzene rings is 1. The number of rotatable bonds is 6. The van der Waals surface area contributed by atoms with Crippen molar-refractivity contribution in [1.82, 2.24) is 0 Å². The summed E-state index contributed by atoms with van der Waals surface area (Å²) in [5, 5.41) is 10.1. The Labute approximate surface area is 125 Å².